The number of hydrogen-bond acceptors (Lipinski definition) is 3. The zero-order valence-corrected chi connectivity index (χ0v) is 12.1. The van der Waals surface area contributed by atoms with E-state index in [-0.39, 0.29) is 0 Å². The molecule has 3 heteroatoms. The van der Waals surface area contributed by atoms with Gasteiger partial charge in [0.05, 0.1) is 0 Å². The molecular weight excluding hydrogens is 222 g/mol. The second-order valence-electron chi connectivity index (χ2n) is 5.72. The van der Waals surface area contributed by atoms with E-state index in [1.165, 1.54) is 24.8 Å². The van der Waals surface area contributed by atoms with Gasteiger partial charge in [-0.2, -0.15) is 0 Å². The van der Waals surface area contributed by atoms with Crippen molar-refractivity contribution in [1.29, 1.82) is 0 Å². The summed E-state index contributed by atoms with van der Waals surface area (Å²) in [5.41, 5.74) is 3.67. The zero-order valence-electron chi connectivity index (χ0n) is 12.1. The molecule has 1 heterocycles. The molecular formula is C15H25N3. The number of nitrogens with zero attached hydrogens (tertiary/aromatic N) is 2. The SMILES string of the molecule is Cc1nc(C(C)C)nc(C)c1CCCNC1CC1. The maximum Gasteiger partial charge on any atom is 0.131 e. The van der Waals surface area contributed by atoms with Crippen LogP contribution in [0.1, 0.15) is 61.8 Å². The molecule has 0 radical (unpaired) electrons. The van der Waals surface area contributed by atoms with Gasteiger partial charge in [0.25, 0.3) is 0 Å². The summed E-state index contributed by atoms with van der Waals surface area (Å²) in [7, 11) is 0. The molecule has 1 aromatic rings. The topological polar surface area (TPSA) is 37.8 Å². The summed E-state index contributed by atoms with van der Waals surface area (Å²) in [6, 6.07) is 0.812. The van der Waals surface area contributed by atoms with Gasteiger partial charge in [-0.25, -0.2) is 9.97 Å². The predicted octanol–water partition coefficient (Wildman–Crippen LogP) is 2.90. The molecule has 0 amide bonds. The van der Waals surface area contributed by atoms with Gasteiger partial charge >= 0.3 is 0 Å². The van der Waals surface area contributed by atoms with Gasteiger partial charge < -0.3 is 5.32 Å². The minimum absolute atomic E-state index is 0.410. The van der Waals surface area contributed by atoms with Crippen molar-refractivity contribution in [2.24, 2.45) is 0 Å². The predicted molar refractivity (Wildman–Crippen MR) is 74.9 cm³/mol. The summed E-state index contributed by atoms with van der Waals surface area (Å²) in [5, 5.41) is 3.55. The van der Waals surface area contributed by atoms with Gasteiger partial charge in [-0.15, -0.1) is 0 Å². The quantitative estimate of drug-likeness (QED) is 0.785. The van der Waals surface area contributed by atoms with E-state index in [0.29, 0.717) is 5.92 Å². The Morgan fingerprint density at radius 1 is 1.17 bits per heavy atom. The Morgan fingerprint density at radius 2 is 1.78 bits per heavy atom. The van der Waals surface area contributed by atoms with E-state index < -0.39 is 0 Å². The third kappa shape index (κ3) is 3.52. The lowest BCUT2D eigenvalue weighted by Crippen LogP contribution is -2.18. The highest BCUT2D eigenvalue weighted by Gasteiger charge is 2.19. The summed E-state index contributed by atoms with van der Waals surface area (Å²) in [4.78, 5) is 9.26. The molecule has 1 aromatic heterocycles. The number of nitrogens with one attached hydrogen (secondary N) is 1. The van der Waals surface area contributed by atoms with Crippen LogP contribution in [0.15, 0.2) is 0 Å². The number of rotatable bonds is 6. The highest BCUT2D eigenvalue weighted by atomic mass is 14.9. The molecule has 0 atom stereocenters. The van der Waals surface area contributed by atoms with Gasteiger partial charge in [0.15, 0.2) is 0 Å². The highest BCUT2D eigenvalue weighted by Crippen LogP contribution is 2.19. The molecule has 1 saturated carbocycles. The van der Waals surface area contributed by atoms with Crippen molar-refractivity contribution in [1.82, 2.24) is 15.3 Å². The van der Waals surface area contributed by atoms with Crippen LogP contribution in [-0.2, 0) is 6.42 Å². The second kappa shape index (κ2) is 5.79. The Morgan fingerprint density at radius 3 is 2.28 bits per heavy atom. The van der Waals surface area contributed by atoms with Gasteiger partial charge in [-0.05, 0) is 51.6 Å². The lowest BCUT2D eigenvalue weighted by atomic mass is 10.1. The van der Waals surface area contributed by atoms with Gasteiger partial charge in [0, 0.05) is 23.3 Å². The largest absolute Gasteiger partial charge is 0.314 e. The van der Waals surface area contributed by atoms with Crippen molar-refractivity contribution in [3.63, 3.8) is 0 Å². The van der Waals surface area contributed by atoms with Crippen LogP contribution in [0.4, 0.5) is 0 Å². The highest BCUT2D eigenvalue weighted by molar-refractivity contribution is 5.25. The van der Waals surface area contributed by atoms with Gasteiger partial charge in [-0.1, -0.05) is 13.8 Å². The van der Waals surface area contributed by atoms with Crippen LogP contribution >= 0.6 is 0 Å². The average molecular weight is 247 g/mol. The van der Waals surface area contributed by atoms with Crippen LogP contribution in [-0.4, -0.2) is 22.6 Å². The third-order valence-electron chi connectivity index (χ3n) is 3.57. The first kappa shape index (κ1) is 13.5. The maximum atomic E-state index is 4.63. The molecule has 0 aromatic carbocycles. The van der Waals surface area contributed by atoms with E-state index in [1.807, 2.05) is 0 Å². The van der Waals surface area contributed by atoms with E-state index in [0.717, 1.165) is 36.2 Å². The first-order valence-corrected chi connectivity index (χ1v) is 7.15. The van der Waals surface area contributed by atoms with Crippen molar-refractivity contribution in [2.75, 3.05) is 6.54 Å². The molecule has 1 fully saturated rings. The Balaban J connectivity index is 1.93. The minimum Gasteiger partial charge on any atom is -0.314 e. The molecule has 1 N–H and O–H groups in total. The normalized spacial score (nSPS) is 15.4. The van der Waals surface area contributed by atoms with Crippen molar-refractivity contribution in [3.05, 3.63) is 22.8 Å². The Hall–Kier alpha value is -0.960. The summed E-state index contributed by atoms with van der Waals surface area (Å²) in [6.07, 6.45) is 5.01. The number of aromatic nitrogens is 2. The standard InChI is InChI=1S/C15H25N3/c1-10(2)15-17-11(3)14(12(4)18-15)6-5-9-16-13-7-8-13/h10,13,16H,5-9H2,1-4H3. The maximum absolute atomic E-state index is 4.63. The third-order valence-corrected chi connectivity index (χ3v) is 3.57. The van der Waals surface area contributed by atoms with E-state index in [2.05, 4.69) is 43.0 Å². The molecule has 18 heavy (non-hydrogen) atoms. The summed E-state index contributed by atoms with van der Waals surface area (Å²) in [6.45, 7) is 9.64. The molecule has 0 spiro atoms. The summed E-state index contributed by atoms with van der Waals surface area (Å²) < 4.78 is 0. The second-order valence-corrected chi connectivity index (χ2v) is 5.72. The minimum atomic E-state index is 0.410. The van der Waals surface area contributed by atoms with Crippen LogP contribution in [0.3, 0.4) is 0 Å². The van der Waals surface area contributed by atoms with Crippen LogP contribution in [0.2, 0.25) is 0 Å². The Bertz CT molecular complexity index is 385. The van der Waals surface area contributed by atoms with E-state index in [9.17, 15) is 0 Å². The Labute approximate surface area is 110 Å². The van der Waals surface area contributed by atoms with Crippen molar-refractivity contribution < 1.29 is 0 Å². The number of hydrogen-bond donors (Lipinski definition) is 1. The smallest absolute Gasteiger partial charge is 0.131 e. The van der Waals surface area contributed by atoms with E-state index in [4.69, 9.17) is 0 Å². The molecule has 0 unspecified atom stereocenters. The average Bonchev–Trinajstić information content (AvgIpc) is 3.10. The van der Waals surface area contributed by atoms with Crippen LogP contribution in [0, 0.1) is 13.8 Å². The van der Waals surface area contributed by atoms with Gasteiger partial charge in [0.1, 0.15) is 5.82 Å². The lowest BCUT2D eigenvalue weighted by Gasteiger charge is -2.12. The molecule has 100 valence electrons. The fourth-order valence-electron chi connectivity index (χ4n) is 2.24. The molecule has 0 bridgehead atoms. The first-order valence-electron chi connectivity index (χ1n) is 7.15. The fourth-order valence-corrected chi connectivity index (χ4v) is 2.24. The van der Waals surface area contributed by atoms with E-state index >= 15 is 0 Å². The van der Waals surface area contributed by atoms with Crippen molar-refractivity contribution in [3.8, 4) is 0 Å². The zero-order chi connectivity index (χ0) is 13.1. The molecule has 1 aliphatic rings. The van der Waals surface area contributed by atoms with Gasteiger partial charge in [-0.3, -0.25) is 0 Å². The molecule has 0 aliphatic heterocycles. The van der Waals surface area contributed by atoms with Crippen LogP contribution in [0.5, 0.6) is 0 Å². The Kier molecular flexibility index (Phi) is 4.33. The monoisotopic (exact) mass is 247 g/mol. The van der Waals surface area contributed by atoms with Gasteiger partial charge in [0.2, 0.25) is 0 Å². The number of aryl methyl sites for hydroxylation is 2. The summed E-state index contributed by atoms with van der Waals surface area (Å²) in [5.74, 6) is 1.39. The molecule has 2 rings (SSSR count). The summed E-state index contributed by atoms with van der Waals surface area (Å²) >= 11 is 0. The van der Waals surface area contributed by atoms with Crippen molar-refractivity contribution >= 4 is 0 Å². The van der Waals surface area contributed by atoms with Crippen molar-refractivity contribution in [2.45, 2.75) is 65.3 Å². The molecule has 3 nitrogen and oxygen atoms in total. The molecule has 1 aliphatic carbocycles. The first-order chi connectivity index (χ1) is 8.58. The van der Waals surface area contributed by atoms with Crippen LogP contribution in [0.25, 0.3) is 0 Å². The fraction of sp³-hybridized carbons (Fsp3) is 0.733. The van der Waals surface area contributed by atoms with E-state index in [1.54, 1.807) is 0 Å². The molecule has 0 saturated heterocycles. The lowest BCUT2D eigenvalue weighted by molar-refractivity contribution is 0.639. The van der Waals surface area contributed by atoms with Crippen LogP contribution < -0.4 is 5.32 Å².